The molecule has 0 unspecified atom stereocenters. The van der Waals surface area contributed by atoms with E-state index < -0.39 is 0 Å². The Kier molecular flexibility index (Phi) is 6.21. The van der Waals surface area contributed by atoms with Crippen molar-refractivity contribution in [1.29, 1.82) is 0 Å². The largest absolute Gasteiger partial charge is 0.493 e. The Labute approximate surface area is 160 Å². The van der Waals surface area contributed by atoms with E-state index in [1.54, 1.807) is 21.3 Å². The fourth-order valence-electron chi connectivity index (χ4n) is 3.35. The van der Waals surface area contributed by atoms with E-state index >= 15 is 0 Å². The first kappa shape index (κ1) is 19.1. The molecule has 3 rings (SSSR count). The van der Waals surface area contributed by atoms with Crippen LogP contribution in [0.1, 0.15) is 31.4 Å². The molecule has 1 saturated heterocycles. The Balaban J connectivity index is 1.89. The Bertz CT molecular complexity index is 749. The molecule has 0 amide bonds. The molecule has 1 N–H and O–H groups in total. The number of ether oxygens (including phenoxy) is 3. The summed E-state index contributed by atoms with van der Waals surface area (Å²) in [5.41, 5.74) is 1.70. The lowest BCUT2D eigenvalue weighted by Gasteiger charge is -2.22. The van der Waals surface area contributed by atoms with Gasteiger partial charge in [-0.2, -0.15) is 4.98 Å². The molecular weight excluding hydrogens is 344 g/mol. The zero-order chi connectivity index (χ0) is 19.2. The molecule has 0 atom stereocenters. The van der Waals surface area contributed by atoms with Gasteiger partial charge in [0.1, 0.15) is 5.82 Å². The van der Waals surface area contributed by atoms with Gasteiger partial charge in [0, 0.05) is 42.7 Å². The SMILES string of the molecule is COc1cc(Nc2nc(C)cc(N3CCCCCC3)n2)cc(OC)c1OC. The summed E-state index contributed by atoms with van der Waals surface area (Å²) in [5.74, 6) is 3.25. The van der Waals surface area contributed by atoms with Gasteiger partial charge in [-0.25, -0.2) is 4.98 Å². The molecule has 1 aromatic heterocycles. The van der Waals surface area contributed by atoms with Gasteiger partial charge in [-0.05, 0) is 19.8 Å². The lowest BCUT2D eigenvalue weighted by molar-refractivity contribution is 0.324. The van der Waals surface area contributed by atoms with E-state index in [1.165, 1.54) is 25.7 Å². The van der Waals surface area contributed by atoms with Crippen LogP contribution in [-0.4, -0.2) is 44.4 Å². The van der Waals surface area contributed by atoms with Gasteiger partial charge < -0.3 is 24.4 Å². The van der Waals surface area contributed by atoms with Gasteiger partial charge in [-0.15, -0.1) is 0 Å². The van der Waals surface area contributed by atoms with E-state index in [0.29, 0.717) is 23.2 Å². The molecule has 1 fully saturated rings. The van der Waals surface area contributed by atoms with E-state index in [1.807, 2.05) is 25.1 Å². The van der Waals surface area contributed by atoms with Crippen LogP contribution in [0.3, 0.4) is 0 Å². The van der Waals surface area contributed by atoms with Crippen LogP contribution < -0.4 is 24.4 Å². The molecule has 1 aliphatic heterocycles. The first-order valence-electron chi connectivity index (χ1n) is 9.32. The minimum absolute atomic E-state index is 0.556. The van der Waals surface area contributed by atoms with Crippen LogP contribution in [0.15, 0.2) is 18.2 Å². The number of benzene rings is 1. The van der Waals surface area contributed by atoms with Gasteiger partial charge >= 0.3 is 0 Å². The molecule has 2 aromatic rings. The maximum absolute atomic E-state index is 5.42. The number of aryl methyl sites for hydroxylation is 1. The standard InChI is InChI=1S/C20H28N4O3/c1-14-11-18(24-9-7-5-6-8-10-24)23-20(21-14)22-15-12-16(25-2)19(27-4)17(13-15)26-3/h11-13H,5-10H2,1-4H3,(H,21,22,23). The normalized spacial score (nSPS) is 14.4. The molecule has 0 radical (unpaired) electrons. The van der Waals surface area contributed by atoms with Crippen molar-refractivity contribution in [3.8, 4) is 17.2 Å². The highest BCUT2D eigenvalue weighted by molar-refractivity contribution is 5.66. The smallest absolute Gasteiger partial charge is 0.229 e. The Hall–Kier alpha value is -2.70. The van der Waals surface area contributed by atoms with E-state index in [4.69, 9.17) is 19.2 Å². The third-order valence-electron chi connectivity index (χ3n) is 4.69. The van der Waals surface area contributed by atoms with Gasteiger partial charge in [0.2, 0.25) is 11.7 Å². The number of nitrogens with zero attached hydrogens (tertiary/aromatic N) is 3. The third-order valence-corrected chi connectivity index (χ3v) is 4.69. The number of rotatable bonds is 6. The zero-order valence-electron chi connectivity index (χ0n) is 16.5. The maximum atomic E-state index is 5.42. The third kappa shape index (κ3) is 4.53. The van der Waals surface area contributed by atoms with Crippen LogP contribution in [0, 0.1) is 6.92 Å². The summed E-state index contributed by atoms with van der Waals surface area (Å²) in [4.78, 5) is 11.6. The van der Waals surface area contributed by atoms with Gasteiger partial charge in [0.15, 0.2) is 11.5 Å². The van der Waals surface area contributed by atoms with Crippen molar-refractivity contribution in [2.75, 3.05) is 44.6 Å². The second kappa shape index (κ2) is 8.79. The van der Waals surface area contributed by atoms with Crippen molar-refractivity contribution in [2.24, 2.45) is 0 Å². The fourth-order valence-corrected chi connectivity index (χ4v) is 3.35. The number of nitrogens with one attached hydrogen (secondary N) is 1. The molecule has 146 valence electrons. The number of methoxy groups -OCH3 is 3. The lowest BCUT2D eigenvalue weighted by Crippen LogP contribution is -2.25. The summed E-state index contributed by atoms with van der Waals surface area (Å²) < 4.78 is 16.2. The minimum Gasteiger partial charge on any atom is -0.493 e. The average molecular weight is 372 g/mol. The van der Waals surface area contributed by atoms with E-state index in [2.05, 4.69) is 15.2 Å². The average Bonchev–Trinajstić information content (AvgIpc) is 2.96. The van der Waals surface area contributed by atoms with Crippen LogP contribution >= 0.6 is 0 Å². The maximum Gasteiger partial charge on any atom is 0.229 e. The van der Waals surface area contributed by atoms with Crippen LogP contribution in [0.2, 0.25) is 0 Å². The first-order valence-corrected chi connectivity index (χ1v) is 9.32. The molecule has 27 heavy (non-hydrogen) atoms. The number of anilines is 3. The topological polar surface area (TPSA) is 68.7 Å². The molecule has 2 heterocycles. The van der Waals surface area contributed by atoms with Crippen molar-refractivity contribution in [3.63, 3.8) is 0 Å². The molecule has 1 aromatic carbocycles. The van der Waals surface area contributed by atoms with E-state index in [0.717, 1.165) is 30.3 Å². The second-order valence-corrected chi connectivity index (χ2v) is 6.63. The molecule has 7 heteroatoms. The van der Waals surface area contributed by atoms with E-state index in [-0.39, 0.29) is 0 Å². The highest BCUT2D eigenvalue weighted by Crippen LogP contribution is 2.40. The molecule has 1 aliphatic rings. The molecule has 0 aliphatic carbocycles. The summed E-state index contributed by atoms with van der Waals surface area (Å²) in [6, 6.07) is 5.74. The second-order valence-electron chi connectivity index (χ2n) is 6.63. The van der Waals surface area contributed by atoms with Crippen molar-refractivity contribution in [1.82, 2.24) is 9.97 Å². The highest BCUT2D eigenvalue weighted by Gasteiger charge is 2.16. The number of aromatic nitrogens is 2. The van der Waals surface area contributed by atoms with Gasteiger partial charge in [-0.3, -0.25) is 0 Å². The lowest BCUT2D eigenvalue weighted by atomic mass is 10.2. The minimum atomic E-state index is 0.556. The molecule has 0 bridgehead atoms. The number of hydrogen-bond donors (Lipinski definition) is 1. The van der Waals surface area contributed by atoms with Gasteiger partial charge in [-0.1, -0.05) is 12.8 Å². The molecule has 0 saturated carbocycles. The molecular formula is C20H28N4O3. The summed E-state index contributed by atoms with van der Waals surface area (Å²) >= 11 is 0. The van der Waals surface area contributed by atoms with Crippen molar-refractivity contribution in [3.05, 3.63) is 23.9 Å². The fraction of sp³-hybridized carbons (Fsp3) is 0.500. The summed E-state index contributed by atoms with van der Waals surface area (Å²) in [5, 5.41) is 3.28. The summed E-state index contributed by atoms with van der Waals surface area (Å²) in [6.07, 6.45) is 4.99. The van der Waals surface area contributed by atoms with Crippen LogP contribution in [0.25, 0.3) is 0 Å². The van der Waals surface area contributed by atoms with Crippen LogP contribution in [0.5, 0.6) is 17.2 Å². The predicted molar refractivity (Wildman–Crippen MR) is 107 cm³/mol. The Morgan fingerprint density at radius 1 is 0.852 bits per heavy atom. The Morgan fingerprint density at radius 2 is 1.48 bits per heavy atom. The van der Waals surface area contributed by atoms with Crippen LogP contribution in [0.4, 0.5) is 17.5 Å². The van der Waals surface area contributed by atoms with Crippen molar-refractivity contribution < 1.29 is 14.2 Å². The van der Waals surface area contributed by atoms with Gasteiger partial charge in [0.25, 0.3) is 0 Å². The highest BCUT2D eigenvalue weighted by atomic mass is 16.5. The zero-order valence-corrected chi connectivity index (χ0v) is 16.5. The van der Waals surface area contributed by atoms with Crippen molar-refractivity contribution >= 4 is 17.5 Å². The van der Waals surface area contributed by atoms with Gasteiger partial charge in [0.05, 0.1) is 21.3 Å². The monoisotopic (exact) mass is 372 g/mol. The van der Waals surface area contributed by atoms with E-state index in [9.17, 15) is 0 Å². The predicted octanol–water partition coefficient (Wildman–Crippen LogP) is 3.93. The summed E-state index contributed by atoms with van der Waals surface area (Å²) in [6.45, 7) is 4.07. The molecule has 7 nitrogen and oxygen atoms in total. The van der Waals surface area contributed by atoms with Crippen LogP contribution in [-0.2, 0) is 0 Å². The molecule has 0 spiro atoms. The first-order chi connectivity index (χ1) is 13.1. The number of hydrogen-bond acceptors (Lipinski definition) is 7. The quantitative estimate of drug-likeness (QED) is 0.824. The Morgan fingerprint density at radius 3 is 2.04 bits per heavy atom. The summed E-state index contributed by atoms with van der Waals surface area (Å²) in [7, 11) is 4.79. The van der Waals surface area contributed by atoms with Crippen molar-refractivity contribution in [2.45, 2.75) is 32.6 Å².